The molecule has 1 aliphatic carbocycles. The number of benzene rings is 1. The van der Waals surface area contributed by atoms with E-state index in [1.54, 1.807) is 6.07 Å². The number of pyridine rings is 1. The van der Waals surface area contributed by atoms with Gasteiger partial charge in [-0.05, 0) is 79.5 Å². The van der Waals surface area contributed by atoms with E-state index < -0.39 is 0 Å². The lowest BCUT2D eigenvalue weighted by atomic mass is 9.93. The van der Waals surface area contributed by atoms with Gasteiger partial charge < -0.3 is 20.5 Å². The van der Waals surface area contributed by atoms with Crippen LogP contribution in [0, 0.1) is 5.92 Å². The molecule has 0 spiro atoms. The van der Waals surface area contributed by atoms with Gasteiger partial charge in [0.2, 0.25) is 0 Å². The van der Waals surface area contributed by atoms with Gasteiger partial charge in [-0.25, -0.2) is 4.98 Å². The van der Waals surface area contributed by atoms with E-state index >= 15 is 0 Å². The first-order valence-corrected chi connectivity index (χ1v) is 11.9. The number of hydrogen-bond donors (Lipinski definition) is 3. The average molecular weight is 480 g/mol. The summed E-state index contributed by atoms with van der Waals surface area (Å²) in [4.78, 5) is 13.0. The fourth-order valence-electron chi connectivity index (χ4n) is 4.42. The predicted molar refractivity (Wildman–Crippen MR) is 129 cm³/mol. The Morgan fingerprint density at radius 3 is 2.53 bits per heavy atom. The summed E-state index contributed by atoms with van der Waals surface area (Å²) in [5.74, 6) is 2.18. The van der Waals surface area contributed by atoms with Crippen LogP contribution in [0.1, 0.15) is 55.6 Å². The molecule has 0 amide bonds. The summed E-state index contributed by atoms with van der Waals surface area (Å²) in [6, 6.07) is 7.69. The van der Waals surface area contributed by atoms with Gasteiger partial charge in [-0.2, -0.15) is 0 Å². The Kier molecular flexibility index (Phi) is 10.1. The second-order valence-corrected chi connectivity index (χ2v) is 9.13. The van der Waals surface area contributed by atoms with E-state index in [2.05, 4.69) is 21.7 Å². The molecule has 2 aliphatic rings. The number of nitrogens with one attached hydrogen (secondary N) is 2. The molecule has 0 unspecified atom stereocenters. The first kappa shape index (κ1) is 24.8. The number of halogens is 2. The van der Waals surface area contributed by atoms with Crippen LogP contribution < -0.4 is 10.6 Å². The van der Waals surface area contributed by atoms with Gasteiger partial charge in [0.25, 0.3) is 6.47 Å². The molecule has 1 aromatic carbocycles. The summed E-state index contributed by atoms with van der Waals surface area (Å²) in [5.41, 5.74) is 3.56. The molecule has 2 heterocycles. The van der Waals surface area contributed by atoms with Gasteiger partial charge in [0.05, 0.1) is 10.7 Å². The molecule has 2 aromatic rings. The van der Waals surface area contributed by atoms with E-state index in [1.165, 1.54) is 36.8 Å². The number of anilines is 2. The lowest BCUT2D eigenvalue weighted by molar-refractivity contribution is -0.122. The highest BCUT2D eigenvalue weighted by Gasteiger charge is 2.21. The van der Waals surface area contributed by atoms with Gasteiger partial charge in [-0.1, -0.05) is 36.0 Å². The Bertz CT molecular complexity index is 870. The van der Waals surface area contributed by atoms with Gasteiger partial charge in [0, 0.05) is 31.0 Å². The molecule has 1 aromatic heterocycles. The Labute approximate surface area is 199 Å². The molecule has 4 rings (SSSR count). The Balaban J connectivity index is 0.000000913. The van der Waals surface area contributed by atoms with Crippen LogP contribution in [0.2, 0.25) is 10.0 Å². The van der Waals surface area contributed by atoms with E-state index in [4.69, 9.17) is 37.8 Å². The fraction of sp³-hybridized carbons (Fsp3) is 0.500. The van der Waals surface area contributed by atoms with Crippen molar-refractivity contribution in [1.29, 1.82) is 0 Å². The summed E-state index contributed by atoms with van der Waals surface area (Å²) >= 11 is 12.3. The topological polar surface area (TPSA) is 83.5 Å². The lowest BCUT2D eigenvalue weighted by Gasteiger charge is -2.23. The molecule has 1 aliphatic heterocycles. The van der Waals surface area contributed by atoms with Crippen LogP contribution >= 0.6 is 23.2 Å². The zero-order valence-electron chi connectivity index (χ0n) is 18.2. The fourth-order valence-corrected chi connectivity index (χ4v) is 4.88. The van der Waals surface area contributed by atoms with Crippen LogP contribution in [0.25, 0.3) is 0 Å². The summed E-state index contributed by atoms with van der Waals surface area (Å²) < 4.78 is 5.47. The minimum atomic E-state index is -0.250. The van der Waals surface area contributed by atoms with Crippen molar-refractivity contribution < 1.29 is 14.6 Å². The second kappa shape index (κ2) is 13.0. The van der Waals surface area contributed by atoms with E-state index in [0.29, 0.717) is 16.0 Å². The molecule has 1 saturated heterocycles. The molecule has 0 bridgehead atoms. The molecule has 0 atom stereocenters. The van der Waals surface area contributed by atoms with Crippen molar-refractivity contribution >= 4 is 41.2 Å². The van der Waals surface area contributed by atoms with E-state index in [9.17, 15) is 0 Å². The van der Waals surface area contributed by atoms with Crippen molar-refractivity contribution in [3.63, 3.8) is 0 Å². The van der Waals surface area contributed by atoms with Crippen molar-refractivity contribution in [1.82, 2.24) is 10.3 Å². The van der Waals surface area contributed by atoms with Crippen LogP contribution in [0.5, 0.6) is 0 Å². The zero-order chi connectivity index (χ0) is 22.8. The third-order valence-electron chi connectivity index (χ3n) is 6.10. The Hall–Kier alpha value is -1.86. The molecule has 6 nitrogen and oxygen atoms in total. The van der Waals surface area contributed by atoms with Crippen molar-refractivity contribution in [2.75, 3.05) is 25.1 Å². The summed E-state index contributed by atoms with van der Waals surface area (Å²) in [7, 11) is 0. The van der Waals surface area contributed by atoms with Gasteiger partial charge >= 0.3 is 0 Å². The first-order valence-electron chi connectivity index (χ1n) is 11.2. The summed E-state index contributed by atoms with van der Waals surface area (Å²) in [6.07, 6.45) is 9.49. The predicted octanol–water partition coefficient (Wildman–Crippen LogP) is 6.01. The lowest BCUT2D eigenvalue weighted by Crippen LogP contribution is -2.27. The highest BCUT2D eigenvalue weighted by molar-refractivity contribution is 6.36. The maximum atomic E-state index is 8.36. The van der Waals surface area contributed by atoms with Gasteiger partial charge in [0.15, 0.2) is 0 Å². The van der Waals surface area contributed by atoms with Crippen LogP contribution in [0.15, 0.2) is 30.5 Å². The monoisotopic (exact) mass is 479 g/mol. The third-order valence-corrected chi connectivity index (χ3v) is 6.65. The Morgan fingerprint density at radius 1 is 1.12 bits per heavy atom. The number of nitrogens with zero attached hydrogens (tertiary/aromatic N) is 1. The van der Waals surface area contributed by atoms with Gasteiger partial charge in [0.1, 0.15) is 5.82 Å². The molecular weight excluding hydrogens is 449 g/mol. The maximum Gasteiger partial charge on any atom is 0.290 e. The number of aromatic nitrogens is 1. The smallest absolute Gasteiger partial charge is 0.290 e. The Morgan fingerprint density at radius 2 is 1.84 bits per heavy atom. The van der Waals surface area contributed by atoms with Crippen LogP contribution in [-0.2, 0) is 16.1 Å². The maximum absolute atomic E-state index is 8.36. The molecule has 32 heavy (non-hydrogen) atoms. The molecule has 8 heteroatoms. The normalized spacial score (nSPS) is 16.9. The number of hydrogen-bond acceptors (Lipinski definition) is 5. The molecule has 1 saturated carbocycles. The number of ether oxygens (including phenoxy) is 1. The average Bonchev–Trinajstić information content (AvgIpc) is 3.33. The number of carboxylic acid groups (broad SMARTS) is 1. The van der Waals surface area contributed by atoms with Gasteiger partial charge in [-0.15, -0.1) is 0 Å². The first-order chi connectivity index (χ1) is 15.6. The number of rotatable bonds is 7. The summed E-state index contributed by atoms with van der Waals surface area (Å²) in [5, 5.41) is 15.2. The quantitative estimate of drug-likeness (QED) is 0.421. The third kappa shape index (κ3) is 7.34. The van der Waals surface area contributed by atoms with Crippen molar-refractivity contribution in [3.8, 4) is 0 Å². The number of carbonyl (C=O) groups is 1. The van der Waals surface area contributed by atoms with Crippen molar-refractivity contribution in [3.05, 3.63) is 51.6 Å². The highest BCUT2D eigenvalue weighted by atomic mass is 35.5. The summed E-state index contributed by atoms with van der Waals surface area (Å²) in [6.45, 7) is 3.47. The minimum absolute atomic E-state index is 0.250. The van der Waals surface area contributed by atoms with Gasteiger partial charge in [-0.3, -0.25) is 4.79 Å². The molecular formula is C24H31Cl2N3O3. The minimum Gasteiger partial charge on any atom is -0.483 e. The van der Waals surface area contributed by atoms with E-state index in [1.807, 2.05) is 18.3 Å². The van der Waals surface area contributed by atoms with Crippen molar-refractivity contribution in [2.24, 2.45) is 5.92 Å². The van der Waals surface area contributed by atoms with Crippen molar-refractivity contribution in [2.45, 2.75) is 51.0 Å². The van der Waals surface area contributed by atoms with Crippen LogP contribution in [0.4, 0.5) is 11.5 Å². The zero-order valence-corrected chi connectivity index (χ0v) is 19.7. The largest absolute Gasteiger partial charge is 0.483 e. The van der Waals surface area contributed by atoms with Crippen LogP contribution in [0.3, 0.4) is 0 Å². The molecule has 0 radical (unpaired) electrons. The molecule has 2 fully saturated rings. The SMILES string of the molecule is Clc1ccc(Nc2cc(C3CCCC3)c(CNCC3CCOCC3)cn2)c(Cl)c1.O=CO. The highest BCUT2D eigenvalue weighted by Crippen LogP contribution is 2.37. The van der Waals surface area contributed by atoms with E-state index in [0.717, 1.165) is 56.6 Å². The molecule has 174 valence electrons. The second-order valence-electron chi connectivity index (χ2n) is 8.29. The standard InChI is InChI=1S/C23H29Cl2N3O.CH2O2/c24-19-5-6-22(21(25)11-19)28-23-12-20(17-3-1-2-4-17)18(15-27-23)14-26-13-16-7-9-29-10-8-16;2-1-3/h5-6,11-12,15-17,26H,1-4,7-10,13-14H2,(H,27,28);1H,(H,2,3). The van der Waals surface area contributed by atoms with Crippen LogP contribution in [-0.4, -0.2) is 36.3 Å². The van der Waals surface area contributed by atoms with E-state index in [-0.39, 0.29) is 6.47 Å². The molecule has 3 N–H and O–H groups in total.